The number of likely N-dealkylation sites (tertiary alicyclic amines) is 1. The molecule has 10 heavy (non-hydrogen) atoms. The van der Waals surface area contributed by atoms with Crippen LogP contribution in [0.3, 0.4) is 0 Å². The number of hydrogen-bond acceptors (Lipinski definition) is 2. The third-order valence-corrected chi connectivity index (χ3v) is 1.65. The summed E-state index contributed by atoms with van der Waals surface area (Å²) in [4.78, 5) is 2.26. The van der Waals surface area contributed by atoms with Gasteiger partial charge in [-0.25, -0.2) is 0 Å². The third kappa shape index (κ3) is 2.67. The van der Waals surface area contributed by atoms with Crippen LogP contribution < -0.4 is 0 Å². The summed E-state index contributed by atoms with van der Waals surface area (Å²) in [7, 11) is 0. The van der Waals surface area contributed by atoms with Crippen molar-refractivity contribution in [2.45, 2.75) is 25.9 Å². The van der Waals surface area contributed by atoms with E-state index in [0.717, 1.165) is 19.6 Å². The smallest absolute Gasteiger partial charge is 0.0718 e. The molecule has 1 heterocycles. The van der Waals surface area contributed by atoms with E-state index in [1.165, 1.54) is 6.42 Å². The van der Waals surface area contributed by atoms with Gasteiger partial charge < -0.3 is 10.0 Å². The number of hydrogen-bond donors (Lipinski definition) is 1. The summed E-state index contributed by atoms with van der Waals surface area (Å²) in [6.07, 6.45) is 3.43. The van der Waals surface area contributed by atoms with Crippen LogP contribution in [0.25, 0.3) is 0 Å². The third-order valence-electron chi connectivity index (χ3n) is 1.65. The lowest BCUT2D eigenvalue weighted by molar-refractivity contribution is 0.0447. The Balaban J connectivity index is 2.24. The molecule has 2 heteroatoms. The minimum absolute atomic E-state index is 0.530. The van der Waals surface area contributed by atoms with Gasteiger partial charge in [-0.1, -0.05) is 0 Å². The zero-order chi connectivity index (χ0) is 7.61. The van der Waals surface area contributed by atoms with Crippen LogP contribution in [0.15, 0.2) is 0 Å². The molecule has 1 fully saturated rings. The van der Waals surface area contributed by atoms with Crippen LogP contribution in [0.4, 0.5) is 0 Å². The summed E-state index contributed by atoms with van der Waals surface area (Å²) in [5, 5.41) is 9.42. The van der Waals surface area contributed by atoms with Gasteiger partial charge in [0.1, 0.15) is 0 Å². The van der Waals surface area contributed by atoms with E-state index < -0.39 is 5.60 Å². The maximum Gasteiger partial charge on any atom is 0.0718 e. The van der Waals surface area contributed by atoms with Crippen molar-refractivity contribution in [2.24, 2.45) is 0 Å². The predicted molar refractivity (Wildman–Crippen MR) is 41.7 cm³/mol. The molecule has 1 radical (unpaired) electrons. The topological polar surface area (TPSA) is 23.5 Å². The van der Waals surface area contributed by atoms with Crippen LogP contribution in [0, 0.1) is 6.42 Å². The van der Waals surface area contributed by atoms with Gasteiger partial charge in [0.2, 0.25) is 0 Å². The highest BCUT2D eigenvalue weighted by molar-refractivity contribution is 4.84. The molecule has 0 atom stereocenters. The average molecular weight is 142 g/mol. The second-order valence-corrected chi connectivity index (χ2v) is 3.62. The van der Waals surface area contributed by atoms with Crippen LogP contribution >= 0.6 is 0 Å². The summed E-state index contributed by atoms with van der Waals surface area (Å²) in [5.74, 6) is 0. The first-order valence-electron chi connectivity index (χ1n) is 3.84. The second kappa shape index (κ2) is 2.89. The zero-order valence-electron chi connectivity index (χ0n) is 6.80. The Kier molecular flexibility index (Phi) is 2.32. The molecule has 1 aliphatic rings. The highest BCUT2D eigenvalue weighted by atomic mass is 16.3. The summed E-state index contributed by atoms with van der Waals surface area (Å²) in [5.41, 5.74) is -0.530. The lowest BCUT2D eigenvalue weighted by Gasteiger charge is -2.24. The molecule has 0 aromatic carbocycles. The molecule has 2 nitrogen and oxygen atoms in total. The Hall–Kier alpha value is -0.0800. The van der Waals surface area contributed by atoms with E-state index in [9.17, 15) is 5.11 Å². The maximum absolute atomic E-state index is 9.42. The molecule has 1 aliphatic heterocycles. The molecule has 0 aliphatic carbocycles. The minimum atomic E-state index is -0.530. The lowest BCUT2D eigenvalue weighted by Crippen LogP contribution is -2.36. The van der Waals surface area contributed by atoms with E-state index in [1.54, 1.807) is 0 Å². The Morgan fingerprint density at radius 2 is 2.30 bits per heavy atom. The van der Waals surface area contributed by atoms with Crippen LogP contribution in [0.5, 0.6) is 0 Å². The van der Waals surface area contributed by atoms with E-state index in [1.807, 2.05) is 13.8 Å². The molecule has 0 saturated carbocycles. The monoisotopic (exact) mass is 142 g/mol. The van der Waals surface area contributed by atoms with E-state index in [0.29, 0.717) is 0 Å². The van der Waals surface area contributed by atoms with Crippen molar-refractivity contribution in [1.29, 1.82) is 0 Å². The Morgan fingerprint density at radius 3 is 2.70 bits per heavy atom. The first-order valence-corrected chi connectivity index (χ1v) is 3.84. The summed E-state index contributed by atoms with van der Waals surface area (Å²) in [6, 6.07) is 0. The maximum atomic E-state index is 9.42. The van der Waals surface area contributed by atoms with Gasteiger partial charge in [0, 0.05) is 13.1 Å². The van der Waals surface area contributed by atoms with Gasteiger partial charge in [-0.15, -0.1) is 0 Å². The Morgan fingerprint density at radius 1 is 1.60 bits per heavy atom. The molecule has 0 bridgehead atoms. The predicted octanol–water partition coefficient (Wildman–Crippen LogP) is 0.667. The van der Waals surface area contributed by atoms with Crippen molar-refractivity contribution < 1.29 is 5.11 Å². The standard InChI is InChI=1S/C8H16NO/c1-8(2,10)7-9-5-3-4-6-9/h3,10H,4-7H2,1-2H3. The van der Waals surface area contributed by atoms with Gasteiger partial charge >= 0.3 is 0 Å². The van der Waals surface area contributed by atoms with E-state index in [-0.39, 0.29) is 0 Å². The number of β-amino-alcohol motifs (C(OH)–C–C–N with tert-alkyl or cyclic N) is 1. The Bertz CT molecular complexity index is 100. The molecule has 0 aromatic heterocycles. The highest BCUT2D eigenvalue weighted by Crippen LogP contribution is 2.11. The minimum Gasteiger partial charge on any atom is -0.389 e. The molecular weight excluding hydrogens is 126 g/mol. The molecule has 0 unspecified atom stereocenters. The zero-order valence-corrected chi connectivity index (χ0v) is 6.80. The van der Waals surface area contributed by atoms with Crippen molar-refractivity contribution in [3.05, 3.63) is 6.42 Å². The van der Waals surface area contributed by atoms with Crippen molar-refractivity contribution >= 4 is 0 Å². The number of aliphatic hydroxyl groups is 1. The van der Waals surface area contributed by atoms with Crippen molar-refractivity contribution in [2.75, 3.05) is 19.6 Å². The number of nitrogens with zero attached hydrogens (tertiary/aromatic N) is 1. The average Bonchev–Trinajstić information content (AvgIpc) is 2.12. The molecule has 0 aromatic rings. The summed E-state index contributed by atoms with van der Waals surface area (Å²) >= 11 is 0. The quantitative estimate of drug-likeness (QED) is 0.612. The fraction of sp³-hybridized carbons (Fsp3) is 0.875. The van der Waals surface area contributed by atoms with Gasteiger partial charge in [0.25, 0.3) is 0 Å². The van der Waals surface area contributed by atoms with Crippen molar-refractivity contribution in [3.8, 4) is 0 Å². The normalized spacial score (nSPS) is 21.9. The molecule has 1 rings (SSSR count). The largest absolute Gasteiger partial charge is 0.389 e. The summed E-state index contributed by atoms with van der Waals surface area (Å²) in [6.45, 7) is 6.66. The van der Waals surface area contributed by atoms with Gasteiger partial charge in [0.15, 0.2) is 0 Å². The second-order valence-electron chi connectivity index (χ2n) is 3.62. The van der Waals surface area contributed by atoms with Crippen LogP contribution in [0.2, 0.25) is 0 Å². The fourth-order valence-electron chi connectivity index (χ4n) is 1.33. The Labute approximate surface area is 62.8 Å². The fourth-order valence-corrected chi connectivity index (χ4v) is 1.33. The van der Waals surface area contributed by atoms with E-state index in [4.69, 9.17) is 0 Å². The molecule has 0 amide bonds. The van der Waals surface area contributed by atoms with Crippen LogP contribution in [0.1, 0.15) is 20.3 Å². The molecule has 1 saturated heterocycles. The highest BCUT2D eigenvalue weighted by Gasteiger charge is 2.20. The molecule has 0 spiro atoms. The molecule has 59 valence electrons. The van der Waals surface area contributed by atoms with Crippen LogP contribution in [-0.2, 0) is 0 Å². The lowest BCUT2D eigenvalue weighted by atomic mass is 10.1. The first kappa shape index (κ1) is 8.02. The summed E-state index contributed by atoms with van der Waals surface area (Å²) < 4.78 is 0. The SMILES string of the molecule is CC(C)(O)CN1C[CH]CC1. The van der Waals surface area contributed by atoms with Gasteiger partial charge in [-0.3, -0.25) is 0 Å². The molecular formula is C8H16NO. The van der Waals surface area contributed by atoms with Gasteiger partial charge in [-0.2, -0.15) is 0 Å². The van der Waals surface area contributed by atoms with Gasteiger partial charge in [-0.05, 0) is 33.2 Å². The van der Waals surface area contributed by atoms with E-state index in [2.05, 4.69) is 11.3 Å². The van der Waals surface area contributed by atoms with E-state index >= 15 is 0 Å². The van der Waals surface area contributed by atoms with Crippen molar-refractivity contribution in [1.82, 2.24) is 4.90 Å². The van der Waals surface area contributed by atoms with Crippen LogP contribution in [-0.4, -0.2) is 35.2 Å². The first-order chi connectivity index (χ1) is 4.58. The molecule has 1 N–H and O–H groups in total. The number of rotatable bonds is 2. The van der Waals surface area contributed by atoms with Gasteiger partial charge in [0.05, 0.1) is 5.60 Å². The van der Waals surface area contributed by atoms with Crippen molar-refractivity contribution in [3.63, 3.8) is 0 Å².